The highest BCUT2D eigenvalue weighted by molar-refractivity contribution is 7.99. The molecule has 0 saturated carbocycles. The second-order valence-corrected chi connectivity index (χ2v) is 7.78. The maximum absolute atomic E-state index is 5.07. The average Bonchev–Trinajstić information content (AvgIpc) is 3.14. The predicted octanol–water partition coefficient (Wildman–Crippen LogP) is 5.16. The average molecular weight is 361 g/mol. The van der Waals surface area contributed by atoms with E-state index in [4.69, 9.17) is 4.99 Å². The Morgan fingerprint density at radius 1 is 0.923 bits per heavy atom. The van der Waals surface area contributed by atoms with Gasteiger partial charge in [-0.1, -0.05) is 85.0 Å². The van der Waals surface area contributed by atoms with E-state index in [1.54, 1.807) is 0 Å². The molecule has 2 aliphatic rings. The SMILES string of the molecule is C1=CCC([C@@H]2NC(CSCc3ccccc3)=N[C@@H]2c2ccccc2)C=C1. The molecule has 3 atom stereocenters. The molecule has 2 nitrogen and oxygen atoms in total. The first kappa shape index (κ1) is 17.2. The first-order valence-corrected chi connectivity index (χ1v) is 10.4. The molecule has 3 heteroatoms. The molecule has 0 saturated heterocycles. The molecule has 4 rings (SSSR count). The van der Waals surface area contributed by atoms with Crippen molar-refractivity contribution in [2.75, 3.05) is 5.75 Å². The van der Waals surface area contributed by atoms with Gasteiger partial charge in [-0.25, -0.2) is 0 Å². The van der Waals surface area contributed by atoms with Crippen molar-refractivity contribution in [3.05, 3.63) is 96.1 Å². The van der Waals surface area contributed by atoms with Crippen LogP contribution < -0.4 is 5.32 Å². The van der Waals surface area contributed by atoms with Gasteiger partial charge in [0.2, 0.25) is 0 Å². The first-order chi connectivity index (χ1) is 12.9. The third kappa shape index (κ3) is 4.10. The number of hydrogen-bond donors (Lipinski definition) is 1. The quantitative estimate of drug-likeness (QED) is 0.769. The van der Waals surface area contributed by atoms with Crippen LogP contribution in [0.2, 0.25) is 0 Å². The number of aliphatic imine (C=N–C) groups is 1. The van der Waals surface area contributed by atoms with Crippen molar-refractivity contribution < 1.29 is 0 Å². The number of benzene rings is 2. The van der Waals surface area contributed by atoms with Gasteiger partial charge in [0.15, 0.2) is 0 Å². The fraction of sp³-hybridized carbons (Fsp3) is 0.261. The number of rotatable bonds is 6. The number of nitrogens with zero attached hydrogens (tertiary/aromatic N) is 1. The highest BCUT2D eigenvalue weighted by atomic mass is 32.2. The number of nitrogens with one attached hydrogen (secondary N) is 1. The summed E-state index contributed by atoms with van der Waals surface area (Å²) in [5.74, 6) is 3.58. The third-order valence-corrected chi connectivity index (χ3v) is 5.95. The Bertz CT molecular complexity index is 795. The molecule has 2 aromatic carbocycles. The molecule has 26 heavy (non-hydrogen) atoms. The lowest BCUT2D eigenvalue weighted by atomic mass is 9.86. The summed E-state index contributed by atoms with van der Waals surface area (Å²) in [4.78, 5) is 5.07. The fourth-order valence-electron chi connectivity index (χ4n) is 3.61. The van der Waals surface area contributed by atoms with E-state index in [-0.39, 0.29) is 6.04 Å². The smallest absolute Gasteiger partial charge is 0.107 e. The topological polar surface area (TPSA) is 24.4 Å². The third-order valence-electron chi connectivity index (χ3n) is 4.93. The number of amidine groups is 1. The van der Waals surface area contributed by atoms with E-state index in [0.29, 0.717) is 12.0 Å². The van der Waals surface area contributed by atoms with Crippen LogP contribution in [-0.2, 0) is 5.75 Å². The van der Waals surface area contributed by atoms with Crippen LogP contribution in [0.25, 0.3) is 0 Å². The Balaban J connectivity index is 1.45. The summed E-state index contributed by atoms with van der Waals surface area (Å²) in [7, 11) is 0. The zero-order valence-corrected chi connectivity index (χ0v) is 15.6. The van der Waals surface area contributed by atoms with Crippen molar-refractivity contribution in [1.82, 2.24) is 5.32 Å². The van der Waals surface area contributed by atoms with Gasteiger partial charge in [0.25, 0.3) is 0 Å². The Morgan fingerprint density at radius 2 is 1.69 bits per heavy atom. The fourth-order valence-corrected chi connectivity index (χ4v) is 4.50. The van der Waals surface area contributed by atoms with Gasteiger partial charge in [0.05, 0.1) is 17.8 Å². The summed E-state index contributed by atoms with van der Waals surface area (Å²) < 4.78 is 0. The van der Waals surface area contributed by atoms with E-state index in [9.17, 15) is 0 Å². The van der Waals surface area contributed by atoms with Crippen LogP contribution in [0.3, 0.4) is 0 Å². The molecule has 0 radical (unpaired) electrons. The van der Waals surface area contributed by atoms with Gasteiger partial charge in [0.1, 0.15) is 5.84 Å². The molecule has 1 N–H and O–H groups in total. The van der Waals surface area contributed by atoms with Crippen molar-refractivity contribution >= 4 is 17.6 Å². The monoisotopic (exact) mass is 360 g/mol. The van der Waals surface area contributed by atoms with E-state index in [2.05, 4.69) is 90.3 Å². The second-order valence-electron chi connectivity index (χ2n) is 6.79. The van der Waals surface area contributed by atoms with Gasteiger partial charge < -0.3 is 5.32 Å². The summed E-state index contributed by atoms with van der Waals surface area (Å²) in [5, 5.41) is 3.74. The van der Waals surface area contributed by atoms with Crippen LogP contribution in [-0.4, -0.2) is 17.6 Å². The van der Waals surface area contributed by atoms with Crippen LogP contribution >= 0.6 is 11.8 Å². The van der Waals surface area contributed by atoms with Gasteiger partial charge in [-0.15, -0.1) is 11.8 Å². The minimum atomic E-state index is 0.199. The molecule has 2 aromatic rings. The van der Waals surface area contributed by atoms with E-state index in [0.717, 1.165) is 23.8 Å². The van der Waals surface area contributed by atoms with Crippen molar-refractivity contribution in [2.45, 2.75) is 24.3 Å². The lowest BCUT2D eigenvalue weighted by Crippen LogP contribution is -2.38. The molecule has 0 aromatic heterocycles. The summed E-state index contributed by atoms with van der Waals surface area (Å²) >= 11 is 1.92. The standard InChI is InChI=1S/C23H24N2S/c1-4-10-18(11-5-1)16-26-17-21-24-22(19-12-6-2-7-13-19)23(25-21)20-14-8-3-9-15-20/h1-14,20,22-23H,15-17H2,(H,24,25)/t20?,22-,23+/m1/s1. The zero-order valence-electron chi connectivity index (χ0n) is 14.8. The second kappa shape index (κ2) is 8.41. The number of thioether (sulfide) groups is 1. The normalized spacial score (nSPS) is 24.3. The Labute approximate surface area is 160 Å². The molecule has 1 heterocycles. The molecule has 1 aliphatic carbocycles. The van der Waals surface area contributed by atoms with Gasteiger partial charge in [-0.05, 0) is 17.5 Å². The van der Waals surface area contributed by atoms with Crippen molar-refractivity contribution in [3.63, 3.8) is 0 Å². The molecule has 132 valence electrons. The predicted molar refractivity (Wildman–Crippen MR) is 113 cm³/mol. The highest BCUT2D eigenvalue weighted by Gasteiger charge is 2.34. The minimum absolute atomic E-state index is 0.199. The van der Waals surface area contributed by atoms with Crippen molar-refractivity contribution in [2.24, 2.45) is 10.9 Å². The van der Waals surface area contributed by atoms with Crippen LogP contribution in [0.15, 0.2) is 90.0 Å². The lowest BCUT2D eigenvalue weighted by Gasteiger charge is -2.26. The first-order valence-electron chi connectivity index (χ1n) is 9.23. The molecule has 0 fully saturated rings. The molecule has 0 amide bonds. The maximum atomic E-state index is 5.07. The Morgan fingerprint density at radius 3 is 2.42 bits per heavy atom. The summed E-state index contributed by atoms with van der Waals surface area (Å²) in [6.45, 7) is 0. The molecular formula is C23H24N2S. The zero-order chi connectivity index (χ0) is 17.6. The summed E-state index contributed by atoms with van der Waals surface area (Å²) in [6.07, 6.45) is 9.97. The molecule has 0 bridgehead atoms. The highest BCUT2D eigenvalue weighted by Crippen LogP contribution is 2.33. The lowest BCUT2D eigenvalue weighted by molar-refractivity contribution is 0.424. The van der Waals surface area contributed by atoms with Gasteiger partial charge in [0, 0.05) is 11.7 Å². The van der Waals surface area contributed by atoms with E-state index >= 15 is 0 Å². The Kier molecular flexibility index (Phi) is 5.56. The van der Waals surface area contributed by atoms with Crippen molar-refractivity contribution in [1.29, 1.82) is 0 Å². The van der Waals surface area contributed by atoms with Gasteiger partial charge >= 0.3 is 0 Å². The molecule has 1 aliphatic heterocycles. The Hall–Kier alpha value is -2.26. The van der Waals surface area contributed by atoms with E-state index in [1.807, 2.05) is 11.8 Å². The molecular weight excluding hydrogens is 336 g/mol. The van der Waals surface area contributed by atoms with E-state index in [1.165, 1.54) is 11.1 Å². The van der Waals surface area contributed by atoms with Gasteiger partial charge in [-0.2, -0.15) is 0 Å². The number of hydrogen-bond acceptors (Lipinski definition) is 3. The minimum Gasteiger partial charge on any atom is -0.367 e. The summed E-state index contributed by atoms with van der Waals surface area (Å²) in [5.41, 5.74) is 2.67. The van der Waals surface area contributed by atoms with Gasteiger partial charge in [-0.3, -0.25) is 4.99 Å². The van der Waals surface area contributed by atoms with Crippen LogP contribution in [0.4, 0.5) is 0 Å². The summed E-state index contributed by atoms with van der Waals surface area (Å²) in [6, 6.07) is 21.9. The molecule has 0 spiro atoms. The largest absolute Gasteiger partial charge is 0.367 e. The van der Waals surface area contributed by atoms with Crippen LogP contribution in [0.5, 0.6) is 0 Å². The van der Waals surface area contributed by atoms with E-state index < -0.39 is 0 Å². The van der Waals surface area contributed by atoms with Crippen molar-refractivity contribution in [3.8, 4) is 0 Å². The maximum Gasteiger partial charge on any atom is 0.107 e. The van der Waals surface area contributed by atoms with Crippen LogP contribution in [0, 0.1) is 5.92 Å². The van der Waals surface area contributed by atoms with Crippen LogP contribution in [0.1, 0.15) is 23.6 Å². The molecule has 1 unspecified atom stereocenters. The number of allylic oxidation sites excluding steroid dienone is 3.